The number of hydrogen-bond donors (Lipinski definition) is 2. The summed E-state index contributed by atoms with van der Waals surface area (Å²) in [6, 6.07) is 15.0. The van der Waals surface area contributed by atoms with E-state index in [1.54, 1.807) is 47.7 Å². The smallest absolute Gasteiger partial charge is 0.279 e. The van der Waals surface area contributed by atoms with Crippen LogP contribution >= 0.6 is 27.3 Å². The van der Waals surface area contributed by atoms with Crippen LogP contribution in [0.25, 0.3) is 16.9 Å². The van der Waals surface area contributed by atoms with Crippen LogP contribution in [0.4, 0.5) is 5.69 Å². The zero-order chi connectivity index (χ0) is 21.3. The minimum atomic E-state index is -0.629. The van der Waals surface area contributed by atoms with Gasteiger partial charge in [0.1, 0.15) is 0 Å². The molecular weight excluding hydrogens is 468 g/mol. The van der Waals surface area contributed by atoms with Crippen LogP contribution in [0.2, 0.25) is 0 Å². The lowest BCUT2D eigenvalue weighted by molar-refractivity contribution is 0.101. The van der Waals surface area contributed by atoms with Gasteiger partial charge in [0, 0.05) is 27.2 Å². The van der Waals surface area contributed by atoms with Crippen molar-refractivity contribution in [2.45, 2.75) is 6.92 Å². The van der Waals surface area contributed by atoms with Crippen LogP contribution in [-0.4, -0.2) is 25.8 Å². The van der Waals surface area contributed by atoms with Crippen LogP contribution in [0.15, 0.2) is 69.2 Å². The Kier molecular flexibility index (Phi) is 5.47. The molecule has 2 N–H and O–H groups in total. The molecule has 0 spiro atoms. The molecule has 4 rings (SSSR count). The molecule has 0 saturated heterocycles. The second-order valence-corrected chi connectivity index (χ2v) is 8.37. The highest BCUT2D eigenvalue weighted by molar-refractivity contribution is 9.10. The number of thiazole rings is 1. The van der Waals surface area contributed by atoms with E-state index in [0.717, 1.165) is 31.5 Å². The van der Waals surface area contributed by atoms with Crippen molar-refractivity contribution in [2.24, 2.45) is 0 Å². The highest BCUT2D eigenvalue weighted by Crippen LogP contribution is 2.24. The summed E-state index contributed by atoms with van der Waals surface area (Å²) in [7, 11) is 0. The van der Waals surface area contributed by atoms with E-state index in [1.807, 2.05) is 24.4 Å². The molecule has 0 atom stereocenters. The van der Waals surface area contributed by atoms with E-state index in [9.17, 15) is 14.7 Å². The minimum absolute atomic E-state index is 0.253. The molecule has 0 radical (unpaired) electrons. The van der Waals surface area contributed by atoms with Gasteiger partial charge in [-0.15, -0.1) is 11.3 Å². The first-order valence-electron chi connectivity index (χ1n) is 8.84. The lowest BCUT2D eigenvalue weighted by Gasteiger charge is -2.10. The van der Waals surface area contributed by atoms with E-state index in [4.69, 9.17) is 0 Å². The van der Waals surface area contributed by atoms with E-state index in [0.29, 0.717) is 11.4 Å². The topological polar surface area (TPSA) is 97.1 Å². The van der Waals surface area contributed by atoms with Crippen LogP contribution in [0.3, 0.4) is 0 Å². The Morgan fingerprint density at radius 1 is 1.13 bits per heavy atom. The van der Waals surface area contributed by atoms with Gasteiger partial charge in [-0.1, -0.05) is 28.1 Å². The van der Waals surface area contributed by atoms with Gasteiger partial charge in [0.15, 0.2) is 11.4 Å². The van der Waals surface area contributed by atoms with Crippen molar-refractivity contribution in [3.8, 4) is 22.7 Å². The SMILES string of the molecule is Cc1nc(-c2ccc(NC(=O)c3nn(-c4ccc(Br)cc4)c(=O)cc3O)cc2)cs1. The molecule has 150 valence electrons. The number of carbonyl (C=O) groups excluding carboxylic acids is 1. The normalized spacial score (nSPS) is 10.7. The third-order valence-corrected chi connectivity index (χ3v) is 5.56. The van der Waals surface area contributed by atoms with Crippen molar-refractivity contribution in [2.75, 3.05) is 5.32 Å². The Morgan fingerprint density at radius 2 is 1.83 bits per heavy atom. The minimum Gasteiger partial charge on any atom is -0.505 e. The zero-order valence-corrected chi connectivity index (χ0v) is 18.1. The van der Waals surface area contributed by atoms with Gasteiger partial charge in [-0.25, -0.2) is 4.98 Å². The number of anilines is 1. The summed E-state index contributed by atoms with van der Waals surface area (Å²) in [6.07, 6.45) is 0. The van der Waals surface area contributed by atoms with E-state index < -0.39 is 17.2 Å². The Morgan fingerprint density at radius 3 is 2.47 bits per heavy atom. The molecule has 1 amide bonds. The molecule has 2 aromatic carbocycles. The number of benzene rings is 2. The van der Waals surface area contributed by atoms with Crippen molar-refractivity contribution in [1.29, 1.82) is 0 Å². The lowest BCUT2D eigenvalue weighted by atomic mass is 10.1. The number of halogens is 1. The summed E-state index contributed by atoms with van der Waals surface area (Å²) >= 11 is 4.90. The quantitative estimate of drug-likeness (QED) is 0.449. The van der Waals surface area contributed by atoms with E-state index in [1.165, 1.54) is 0 Å². The van der Waals surface area contributed by atoms with Gasteiger partial charge in [0.2, 0.25) is 0 Å². The van der Waals surface area contributed by atoms with Gasteiger partial charge in [-0.05, 0) is 43.3 Å². The summed E-state index contributed by atoms with van der Waals surface area (Å²) in [5.74, 6) is -1.11. The molecule has 0 saturated carbocycles. The van der Waals surface area contributed by atoms with Gasteiger partial charge < -0.3 is 10.4 Å². The Bertz CT molecular complexity index is 1280. The number of hydrogen-bond acceptors (Lipinski definition) is 6. The van der Waals surface area contributed by atoms with Gasteiger partial charge in [0.25, 0.3) is 11.5 Å². The number of amides is 1. The van der Waals surface area contributed by atoms with Crippen molar-refractivity contribution >= 4 is 38.9 Å². The van der Waals surface area contributed by atoms with E-state index in [2.05, 4.69) is 31.3 Å². The molecule has 4 aromatic rings. The number of aromatic nitrogens is 3. The average Bonchev–Trinajstić information content (AvgIpc) is 3.16. The third kappa shape index (κ3) is 4.17. The van der Waals surface area contributed by atoms with Crippen LogP contribution in [0.5, 0.6) is 5.75 Å². The molecule has 0 aliphatic carbocycles. The summed E-state index contributed by atoms with van der Waals surface area (Å²) in [5, 5.41) is 19.8. The third-order valence-electron chi connectivity index (χ3n) is 4.26. The second-order valence-electron chi connectivity index (χ2n) is 6.39. The van der Waals surface area contributed by atoms with Crippen molar-refractivity contribution < 1.29 is 9.90 Å². The van der Waals surface area contributed by atoms with Gasteiger partial charge in [-0.3, -0.25) is 9.59 Å². The molecule has 0 unspecified atom stereocenters. The molecule has 0 aliphatic rings. The fourth-order valence-corrected chi connectivity index (χ4v) is 3.67. The first-order valence-corrected chi connectivity index (χ1v) is 10.5. The summed E-state index contributed by atoms with van der Waals surface area (Å²) < 4.78 is 1.90. The van der Waals surface area contributed by atoms with Crippen molar-refractivity contribution in [3.05, 3.63) is 85.5 Å². The average molecular weight is 483 g/mol. The first-order chi connectivity index (χ1) is 14.4. The number of carbonyl (C=O) groups is 1. The van der Waals surface area contributed by atoms with Crippen LogP contribution in [0, 0.1) is 6.92 Å². The van der Waals surface area contributed by atoms with Crippen LogP contribution in [-0.2, 0) is 0 Å². The maximum atomic E-state index is 12.7. The molecule has 7 nitrogen and oxygen atoms in total. The summed E-state index contributed by atoms with van der Waals surface area (Å²) in [5.41, 5.74) is 2.00. The van der Waals surface area contributed by atoms with Crippen LogP contribution < -0.4 is 10.9 Å². The van der Waals surface area contributed by atoms with E-state index >= 15 is 0 Å². The number of nitrogens with zero attached hydrogens (tertiary/aromatic N) is 3. The highest BCUT2D eigenvalue weighted by Gasteiger charge is 2.17. The largest absolute Gasteiger partial charge is 0.505 e. The number of aromatic hydroxyl groups is 1. The molecular formula is C21H15BrN4O3S. The second kappa shape index (κ2) is 8.21. The molecule has 0 bridgehead atoms. The maximum Gasteiger partial charge on any atom is 0.279 e. The first kappa shape index (κ1) is 20.0. The van der Waals surface area contributed by atoms with Gasteiger partial charge in [0.05, 0.1) is 16.4 Å². The molecule has 9 heteroatoms. The highest BCUT2D eigenvalue weighted by atomic mass is 79.9. The van der Waals surface area contributed by atoms with Crippen molar-refractivity contribution in [3.63, 3.8) is 0 Å². The molecule has 0 fully saturated rings. The molecule has 2 heterocycles. The number of nitrogens with one attached hydrogen (secondary N) is 1. The fourth-order valence-electron chi connectivity index (χ4n) is 2.79. The summed E-state index contributed by atoms with van der Waals surface area (Å²) in [6.45, 7) is 1.94. The number of rotatable bonds is 4. The zero-order valence-electron chi connectivity index (χ0n) is 15.7. The molecule has 30 heavy (non-hydrogen) atoms. The molecule has 0 aliphatic heterocycles. The number of aryl methyl sites for hydroxylation is 1. The standard InChI is InChI=1S/C21H15BrN4O3S/c1-12-23-17(11-30-12)13-2-6-15(7-3-13)24-21(29)20-18(27)10-19(28)26(25-20)16-8-4-14(22)5-9-16/h2-11,27H,1H3,(H,24,29). The van der Waals surface area contributed by atoms with Gasteiger partial charge >= 0.3 is 0 Å². The van der Waals surface area contributed by atoms with E-state index in [-0.39, 0.29) is 5.69 Å². The Balaban J connectivity index is 1.59. The van der Waals surface area contributed by atoms with Gasteiger partial charge in [-0.2, -0.15) is 9.78 Å². The fraction of sp³-hybridized carbons (Fsp3) is 0.0476. The maximum absolute atomic E-state index is 12.7. The lowest BCUT2D eigenvalue weighted by Crippen LogP contribution is -2.25. The predicted molar refractivity (Wildman–Crippen MR) is 119 cm³/mol. The Labute approximate surface area is 183 Å². The summed E-state index contributed by atoms with van der Waals surface area (Å²) in [4.78, 5) is 29.3. The van der Waals surface area contributed by atoms with Crippen LogP contribution in [0.1, 0.15) is 15.5 Å². The monoisotopic (exact) mass is 482 g/mol. The Hall–Kier alpha value is -3.30. The van der Waals surface area contributed by atoms with Crippen molar-refractivity contribution in [1.82, 2.24) is 14.8 Å². The predicted octanol–water partition coefficient (Wildman–Crippen LogP) is 4.38. The molecule has 2 aromatic heterocycles.